The number of hydrogen-bond acceptors (Lipinski definition) is 4. The van der Waals surface area contributed by atoms with E-state index in [2.05, 4.69) is 222 Å². The summed E-state index contributed by atoms with van der Waals surface area (Å²) in [5.74, 6) is 2.08. The van der Waals surface area contributed by atoms with Crippen LogP contribution in [0.2, 0.25) is 0 Å². The van der Waals surface area contributed by atoms with E-state index in [1.54, 1.807) is 0 Å². The Morgan fingerprint density at radius 3 is 1.97 bits per heavy atom. The molecular weight excluding hydrogens is 904 g/mol. The predicted molar refractivity (Wildman–Crippen MR) is 240 cm³/mol. The molecule has 1 aliphatic heterocycles. The van der Waals surface area contributed by atoms with Gasteiger partial charge < -0.3 is 19.1 Å². The third kappa shape index (κ3) is 7.47. The van der Waals surface area contributed by atoms with Crippen LogP contribution in [0, 0.1) is 18.8 Å². The number of benzene rings is 6. The van der Waals surface area contributed by atoms with Crippen molar-refractivity contribution in [2.45, 2.75) is 71.6 Å². The second-order valence-electron chi connectivity index (χ2n) is 17.9. The van der Waals surface area contributed by atoms with E-state index in [-0.39, 0.29) is 37.3 Å². The maximum Gasteiger partial charge on any atom is 0.135 e. The fourth-order valence-electron chi connectivity index (χ4n) is 8.02. The molecule has 0 fully saturated rings. The number of ether oxygens (including phenoxy) is 1. The van der Waals surface area contributed by atoms with Crippen molar-refractivity contribution in [3.05, 3.63) is 187 Å². The molecule has 9 rings (SSSR count). The predicted octanol–water partition coefficient (Wildman–Crippen LogP) is 13.9. The van der Waals surface area contributed by atoms with Crippen molar-refractivity contribution in [2.24, 2.45) is 0 Å². The first kappa shape index (κ1) is 40.2. The number of fused-ring (bicyclic) bond motifs is 4. The number of pyridine rings is 1. The van der Waals surface area contributed by atoms with Crippen LogP contribution in [-0.2, 0) is 37.3 Å². The largest absolute Gasteiger partial charge is 0.509 e. The summed E-state index contributed by atoms with van der Waals surface area (Å²) in [5.41, 5.74) is 10.7. The van der Waals surface area contributed by atoms with Gasteiger partial charge in [-0.2, -0.15) is 6.07 Å². The molecule has 6 aromatic carbocycles. The minimum absolute atomic E-state index is 0. The Kier molecular flexibility index (Phi) is 10.3. The Morgan fingerprint density at radius 1 is 0.542 bits per heavy atom. The van der Waals surface area contributed by atoms with Crippen molar-refractivity contribution in [2.75, 3.05) is 9.80 Å². The molecule has 0 bridgehead atoms. The number of rotatable bonds is 7. The summed E-state index contributed by atoms with van der Waals surface area (Å²) in [7, 11) is 0. The summed E-state index contributed by atoms with van der Waals surface area (Å²) >= 11 is 0. The molecule has 3 heterocycles. The molecule has 0 saturated carbocycles. The van der Waals surface area contributed by atoms with E-state index in [0.717, 1.165) is 55.9 Å². The van der Waals surface area contributed by atoms with Gasteiger partial charge in [0.1, 0.15) is 5.82 Å². The number of para-hydroxylation sites is 3. The summed E-state index contributed by atoms with van der Waals surface area (Å²) in [5, 5.41) is 2.23. The molecule has 0 spiro atoms. The maximum atomic E-state index is 6.80. The molecule has 59 heavy (non-hydrogen) atoms. The summed E-state index contributed by atoms with van der Waals surface area (Å²) in [6, 6.07) is 56.7. The van der Waals surface area contributed by atoms with Crippen LogP contribution >= 0.6 is 0 Å². The number of hydrogen-bond donors (Lipinski definition) is 0. The fourth-order valence-corrected chi connectivity index (χ4v) is 8.02. The third-order valence-electron chi connectivity index (χ3n) is 11.5. The van der Waals surface area contributed by atoms with Crippen molar-refractivity contribution in [1.29, 1.82) is 0 Å². The van der Waals surface area contributed by atoms with Crippen molar-refractivity contribution in [3.63, 3.8) is 0 Å². The van der Waals surface area contributed by atoms with E-state index in [1.807, 2.05) is 12.3 Å². The smallest absolute Gasteiger partial charge is 0.135 e. The number of anilines is 4. The summed E-state index contributed by atoms with van der Waals surface area (Å²) in [6.45, 7) is 20.2. The SMILES string of the molecule is CC(C)(C)c1cc(Oc2[c-]c3c(cc2)c2ccccc2n3-c2cc(C(C)(C)c3ccccc3)ccn2)[c-]c(N2[CH-]N(c3cccc(C(C)(C)C)c3)c3ccccc32)c1.[Pt]. The fraction of sp³-hybridized carbons (Fsp3) is 0.208. The molecule has 0 radical (unpaired) electrons. The van der Waals surface area contributed by atoms with Gasteiger partial charge in [-0.1, -0.05) is 134 Å². The average Bonchev–Trinajstić information content (AvgIpc) is 3.77. The van der Waals surface area contributed by atoms with Crippen LogP contribution in [0.1, 0.15) is 77.6 Å². The van der Waals surface area contributed by atoms with Gasteiger partial charge in [-0.3, -0.25) is 0 Å². The summed E-state index contributed by atoms with van der Waals surface area (Å²) in [6.07, 6.45) is 1.92. The summed E-state index contributed by atoms with van der Waals surface area (Å²) in [4.78, 5) is 9.44. The zero-order valence-corrected chi connectivity index (χ0v) is 37.2. The van der Waals surface area contributed by atoms with Gasteiger partial charge in [-0.05, 0) is 75.4 Å². The van der Waals surface area contributed by atoms with E-state index in [0.29, 0.717) is 11.5 Å². The Hall–Kier alpha value is -5.64. The maximum absolute atomic E-state index is 6.80. The molecule has 2 aromatic heterocycles. The summed E-state index contributed by atoms with van der Waals surface area (Å²) < 4.78 is 9.01. The van der Waals surface area contributed by atoms with Gasteiger partial charge in [0, 0.05) is 66.8 Å². The minimum atomic E-state index is -0.220. The molecule has 0 N–H and O–H groups in total. The van der Waals surface area contributed by atoms with E-state index >= 15 is 0 Å². The molecule has 300 valence electrons. The molecule has 0 unspecified atom stereocenters. The van der Waals surface area contributed by atoms with Gasteiger partial charge >= 0.3 is 0 Å². The Balaban J connectivity index is 0.00000484. The van der Waals surface area contributed by atoms with Crippen LogP contribution in [0.5, 0.6) is 11.5 Å². The van der Waals surface area contributed by atoms with E-state index in [4.69, 9.17) is 9.72 Å². The van der Waals surface area contributed by atoms with E-state index < -0.39 is 0 Å². The Morgan fingerprint density at radius 2 is 1.22 bits per heavy atom. The monoisotopic (exact) mass is 952 g/mol. The first-order chi connectivity index (χ1) is 27.8. The molecule has 0 amide bonds. The van der Waals surface area contributed by atoms with E-state index in [1.165, 1.54) is 16.7 Å². The zero-order chi connectivity index (χ0) is 40.4. The standard InChI is InChI=1S/C53H49N4O.Pt/c1-51(2,3)37-19-16-20-40(29-37)55-35-56(48-24-15-14-23-47(48)55)41-30-39(52(4,5)6)31-43(33-41)58-42-25-26-45-44-21-12-13-22-46(44)57(49(45)34-42)50-32-38(27-28-54-50)53(7,8)36-17-10-9-11-18-36;/h9-32,35H,1-8H3;/q-3;. The van der Waals surface area contributed by atoms with Crippen LogP contribution < -0.4 is 14.5 Å². The van der Waals surface area contributed by atoms with Crippen LogP contribution in [0.15, 0.2) is 146 Å². The molecule has 8 aromatic rings. The van der Waals surface area contributed by atoms with Crippen LogP contribution in [0.25, 0.3) is 27.6 Å². The van der Waals surface area contributed by atoms with Gasteiger partial charge in [-0.15, -0.1) is 53.6 Å². The topological polar surface area (TPSA) is 33.5 Å². The first-order valence-electron chi connectivity index (χ1n) is 20.1. The van der Waals surface area contributed by atoms with Gasteiger partial charge in [-0.25, -0.2) is 4.98 Å². The molecule has 0 atom stereocenters. The molecule has 0 aliphatic carbocycles. The third-order valence-corrected chi connectivity index (χ3v) is 11.5. The van der Waals surface area contributed by atoms with Gasteiger partial charge in [0.05, 0.1) is 0 Å². The van der Waals surface area contributed by atoms with Gasteiger partial charge in [0.15, 0.2) is 0 Å². The molecule has 6 heteroatoms. The second-order valence-corrected chi connectivity index (χ2v) is 17.9. The van der Waals surface area contributed by atoms with Crippen molar-refractivity contribution in [1.82, 2.24) is 9.55 Å². The van der Waals surface area contributed by atoms with Crippen molar-refractivity contribution >= 4 is 44.6 Å². The number of aromatic nitrogens is 2. The Bertz CT molecular complexity index is 2810. The quantitative estimate of drug-likeness (QED) is 0.149. The minimum Gasteiger partial charge on any atom is -0.509 e. The molecule has 0 saturated heterocycles. The Labute approximate surface area is 363 Å². The van der Waals surface area contributed by atoms with Crippen LogP contribution in [0.3, 0.4) is 0 Å². The number of nitrogens with zero attached hydrogens (tertiary/aromatic N) is 4. The normalized spacial score (nSPS) is 13.2. The average molecular weight is 953 g/mol. The van der Waals surface area contributed by atoms with Crippen molar-refractivity contribution < 1.29 is 25.8 Å². The van der Waals surface area contributed by atoms with Crippen molar-refractivity contribution in [3.8, 4) is 17.3 Å². The molecular formula is C53H49N4OPt-3. The van der Waals surface area contributed by atoms with Crippen LogP contribution in [-0.4, -0.2) is 9.55 Å². The first-order valence-corrected chi connectivity index (χ1v) is 20.1. The van der Waals surface area contributed by atoms with Crippen LogP contribution in [0.4, 0.5) is 22.7 Å². The molecule has 1 aliphatic rings. The van der Waals surface area contributed by atoms with Gasteiger partial charge in [0.2, 0.25) is 0 Å². The zero-order valence-electron chi connectivity index (χ0n) is 34.9. The second kappa shape index (κ2) is 15.2. The van der Waals surface area contributed by atoms with Gasteiger partial charge in [0.25, 0.3) is 0 Å². The van der Waals surface area contributed by atoms with E-state index in [9.17, 15) is 0 Å². The molecule has 5 nitrogen and oxygen atoms in total.